The summed E-state index contributed by atoms with van der Waals surface area (Å²) in [6.07, 6.45) is 0. The van der Waals surface area contributed by atoms with Crippen molar-refractivity contribution >= 4 is 18.1 Å². The minimum absolute atomic E-state index is 0. The molecular formula is C29H54Cl5N11O2. The van der Waals surface area contributed by atoms with Crippen molar-refractivity contribution < 1.29 is 72.5 Å². The van der Waals surface area contributed by atoms with Gasteiger partial charge in [0.15, 0.2) is 23.5 Å². The minimum atomic E-state index is -0.122. The third-order valence-electron chi connectivity index (χ3n) is 12.5. The van der Waals surface area contributed by atoms with Crippen LogP contribution in [0.5, 0.6) is 0 Å². The predicted molar refractivity (Wildman–Crippen MR) is 167 cm³/mol. The SMILES string of the molecule is Cc1nc(C2CNCC[N+]23CC[N+]2(CCNCC2)CC3)c([N+](=O)[O-])c(C2CNCC[N+]23CC[N+]2(CCNCC2)CC3)n1.Cl.[Cl-].[Cl-].[Cl-].[Cl-]. The van der Waals surface area contributed by atoms with Gasteiger partial charge in [-0.25, -0.2) is 9.97 Å². The zero-order valence-electron chi connectivity index (χ0n) is 27.6. The highest BCUT2D eigenvalue weighted by molar-refractivity contribution is 5.85. The summed E-state index contributed by atoms with van der Waals surface area (Å²) in [5.41, 5.74) is 1.59. The highest BCUT2D eigenvalue weighted by Gasteiger charge is 2.54. The Morgan fingerprint density at radius 3 is 1.26 bits per heavy atom. The first-order valence-corrected chi connectivity index (χ1v) is 16.6. The van der Waals surface area contributed by atoms with Gasteiger partial charge in [0, 0.05) is 39.3 Å². The van der Waals surface area contributed by atoms with E-state index in [2.05, 4.69) is 21.3 Å². The summed E-state index contributed by atoms with van der Waals surface area (Å²) in [6, 6.07) is -0.0206. The van der Waals surface area contributed by atoms with Crippen LogP contribution in [0.4, 0.5) is 5.69 Å². The zero-order valence-corrected chi connectivity index (χ0v) is 31.4. The van der Waals surface area contributed by atoms with Gasteiger partial charge in [0.25, 0.3) is 0 Å². The summed E-state index contributed by atoms with van der Waals surface area (Å²) in [7, 11) is 0. The van der Waals surface area contributed by atoms with Crippen molar-refractivity contribution in [3.8, 4) is 0 Å². The van der Waals surface area contributed by atoms with Crippen LogP contribution in [0.1, 0.15) is 29.3 Å². The number of aromatic nitrogens is 2. The van der Waals surface area contributed by atoms with E-state index in [-0.39, 0.29) is 84.7 Å². The number of halogens is 5. The van der Waals surface area contributed by atoms with E-state index < -0.39 is 0 Å². The number of nitrogens with zero attached hydrogens (tertiary/aromatic N) is 7. The highest BCUT2D eigenvalue weighted by atomic mass is 35.5. The van der Waals surface area contributed by atoms with Crippen molar-refractivity contribution in [2.24, 2.45) is 0 Å². The van der Waals surface area contributed by atoms with Crippen LogP contribution in [-0.4, -0.2) is 177 Å². The molecule has 4 N–H and O–H groups in total. The molecule has 7 rings (SSSR count). The van der Waals surface area contributed by atoms with E-state index >= 15 is 0 Å². The first-order chi connectivity index (χ1) is 20.4. The van der Waals surface area contributed by atoms with Gasteiger partial charge in [0.1, 0.15) is 58.2 Å². The van der Waals surface area contributed by atoms with E-state index in [1.807, 2.05) is 6.92 Å². The molecule has 4 spiro atoms. The molecule has 6 aliphatic rings. The van der Waals surface area contributed by atoms with Crippen LogP contribution in [0.2, 0.25) is 0 Å². The van der Waals surface area contributed by atoms with Crippen LogP contribution in [0, 0.1) is 17.0 Å². The smallest absolute Gasteiger partial charge is 0.324 e. The molecule has 2 atom stereocenters. The van der Waals surface area contributed by atoms with Gasteiger partial charge in [0.05, 0.1) is 57.3 Å². The van der Waals surface area contributed by atoms with Crippen molar-refractivity contribution in [2.45, 2.75) is 19.0 Å². The number of piperazine rings is 6. The average molecular weight is 766 g/mol. The van der Waals surface area contributed by atoms with Crippen molar-refractivity contribution in [2.75, 3.05) is 144 Å². The molecule has 13 nitrogen and oxygen atoms in total. The quantitative estimate of drug-likeness (QED) is 0.136. The Labute approximate surface area is 310 Å². The second-order valence-corrected chi connectivity index (χ2v) is 14.3. The van der Waals surface area contributed by atoms with Gasteiger partial charge < -0.3 is 88.8 Å². The number of hydrogen-bond acceptors (Lipinski definition) is 8. The summed E-state index contributed by atoms with van der Waals surface area (Å²) in [4.78, 5) is 22.9. The van der Waals surface area contributed by atoms with Crippen LogP contribution in [0.15, 0.2) is 0 Å². The molecule has 7 heterocycles. The third kappa shape index (κ3) is 8.08. The molecule has 1 aromatic rings. The number of hydrogen-bond donors (Lipinski definition) is 4. The molecular weight excluding hydrogens is 712 g/mol. The lowest BCUT2D eigenvalue weighted by Gasteiger charge is -2.55. The molecule has 0 aliphatic carbocycles. The molecule has 6 fully saturated rings. The van der Waals surface area contributed by atoms with E-state index in [9.17, 15) is 10.1 Å². The van der Waals surface area contributed by atoms with Crippen LogP contribution < -0.4 is 70.9 Å². The number of aryl methyl sites for hydroxylation is 1. The second kappa shape index (κ2) is 17.2. The maximum Gasteiger partial charge on any atom is 0.324 e. The van der Waals surface area contributed by atoms with E-state index in [0.29, 0.717) is 17.2 Å². The summed E-state index contributed by atoms with van der Waals surface area (Å²) in [5.74, 6) is 0.684. The average Bonchev–Trinajstić information content (AvgIpc) is 3.01. The van der Waals surface area contributed by atoms with Gasteiger partial charge >= 0.3 is 5.69 Å². The van der Waals surface area contributed by atoms with Crippen LogP contribution in [-0.2, 0) is 0 Å². The first kappa shape index (κ1) is 42.8. The van der Waals surface area contributed by atoms with E-state index in [1.54, 1.807) is 0 Å². The predicted octanol–water partition coefficient (Wildman–Crippen LogP) is -13.1. The number of nitro groups is 1. The first-order valence-electron chi connectivity index (χ1n) is 16.6. The van der Waals surface area contributed by atoms with Gasteiger partial charge in [-0.15, -0.1) is 12.4 Å². The Kier molecular flexibility index (Phi) is 15.7. The molecule has 272 valence electrons. The molecule has 2 unspecified atom stereocenters. The zero-order chi connectivity index (χ0) is 28.8. The fourth-order valence-electron chi connectivity index (χ4n) is 9.55. The van der Waals surface area contributed by atoms with E-state index in [4.69, 9.17) is 9.97 Å². The lowest BCUT2D eigenvalue weighted by molar-refractivity contribution is -1.05. The molecule has 1 aromatic heterocycles. The Morgan fingerprint density at radius 2 is 0.915 bits per heavy atom. The monoisotopic (exact) mass is 763 g/mol. The van der Waals surface area contributed by atoms with Gasteiger partial charge in [-0.2, -0.15) is 0 Å². The molecule has 47 heavy (non-hydrogen) atoms. The van der Waals surface area contributed by atoms with E-state index in [1.165, 1.54) is 35.1 Å². The number of nitrogens with one attached hydrogen (secondary N) is 4. The standard InChI is InChI=1S/C29H53N11O2.5ClH/c1-24-34-27(25-22-32-6-12-39(25)18-14-37(15-19-39)8-2-30-3-9-37)29(36(41)42)28(35-24)26-23-33-7-13-40(26)20-16-38(17-21-40)10-4-31-5-11-38;;;;;/h25-26,30-33H,2-23H2,1H3;5*1H/q+4;;;;;/p-4. The second-order valence-electron chi connectivity index (χ2n) is 14.3. The van der Waals surface area contributed by atoms with Crippen LogP contribution in [0.3, 0.4) is 0 Å². The summed E-state index contributed by atoms with van der Waals surface area (Å²) < 4.78 is 4.25. The molecule has 6 aliphatic heterocycles. The van der Waals surface area contributed by atoms with Gasteiger partial charge in [-0.1, -0.05) is 0 Å². The summed E-state index contributed by atoms with van der Waals surface area (Å²) in [5, 5.41) is 27.4. The minimum Gasteiger partial charge on any atom is -1.00 e. The highest BCUT2D eigenvalue weighted by Crippen LogP contribution is 2.43. The molecule has 0 saturated carbocycles. The third-order valence-corrected chi connectivity index (χ3v) is 12.5. The maximum atomic E-state index is 13.1. The largest absolute Gasteiger partial charge is 1.00 e. The molecule has 0 amide bonds. The van der Waals surface area contributed by atoms with Crippen molar-refractivity contribution in [3.05, 3.63) is 27.3 Å². The maximum absolute atomic E-state index is 13.1. The molecule has 18 heteroatoms. The Bertz CT molecular complexity index is 1090. The molecule has 0 aromatic carbocycles. The fraction of sp³-hybridized carbons (Fsp3) is 0.862. The number of rotatable bonds is 3. The normalized spacial score (nSPS) is 28.4. The molecule has 0 radical (unpaired) electrons. The fourth-order valence-corrected chi connectivity index (χ4v) is 9.55. The summed E-state index contributed by atoms with van der Waals surface area (Å²) in [6.45, 7) is 25.5. The lowest BCUT2D eigenvalue weighted by atomic mass is 9.95. The molecule has 0 bridgehead atoms. The van der Waals surface area contributed by atoms with Gasteiger partial charge in [0.2, 0.25) is 0 Å². The van der Waals surface area contributed by atoms with Gasteiger partial charge in [-0.3, -0.25) is 10.1 Å². The van der Waals surface area contributed by atoms with Gasteiger partial charge in [-0.05, 0) is 6.92 Å². The molecule has 6 saturated heterocycles. The Hall–Kier alpha value is -0.390. The number of quaternary nitrogens is 4. The van der Waals surface area contributed by atoms with Crippen molar-refractivity contribution in [1.29, 1.82) is 0 Å². The topological polar surface area (TPSA) is 117 Å². The summed E-state index contributed by atoms with van der Waals surface area (Å²) >= 11 is 0. The van der Waals surface area contributed by atoms with Crippen LogP contribution in [0.25, 0.3) is 0 Å². The van der Waals surface area contributed by atoms with Crippen LogP contribution >= 0.6 is 12.4 Å². The van der Waals surface area contributed by atoms with Crippen molar-refractivity contribution in [3.63, 3.8) is 0 Å². The van der Waals surface area contributed by atoms with Crippen molar-refractivity contribution in [1.82, 2.24) is 31.2 Å². The lowest BCUT2D eigenvalue weighted by Crippen LogP contribution is -3.00. The Balaban J connectivity index is 0.00000154. The Morgan fingerprint density at radius 1 is 0.574 bits per heavy atom. The van der Waals surface area contributed by atoms with E-state index in [0.717, 1.165) is 127 Å².